The van der Waals surface area contributed by atoms with Crippen LogP contribution in [-0.2, 0) is 13.8 Å². The Labute approximate surface area is 134 Å². The standard InChI is InChI=1S/C16H17O6P/c1-11-9-12(2)15(13(3)10-11)16(17)21-23(18,19)22-20-14-7-5-4-6-8-14/h4-10H,1-3H3,(H,18,19). The van der Waals surface area contributed by atoms with Crippen LogP contribution in [0.5, 0.6) is 5.75 Å². The zero-order valence-electron chi connectivity index (χ0n) is 13.0. The summed E-state index contributed by atoms with van der Waals surface area (Å²) in [7, 11) is -4.70. The number of rotatable bonds is 5. The summed E-state index contributed by atoms with van der Waals surface area (Å²) in [5, 5.41) is 0. The van der Waals surface area contributed by atoms with Crippen molar-refractivity contribution in [1.29, 1.82) is 0 Å². The SMILES string of the molecule is Cc1cc(C)c(C(=O)OP(=O)(O)OOc2ccccc2)c(C)c1. The maximum atomic E-state index is 12.1. The summed E-state index contributed by atoms with van der Waals surface area (Å²) in [4.78, 5) is 26.4. The molecule has 0 bridgehead atoms. The van der Waals surface area contributed by atoms with E-state index < -0.39 is 13.8 Å². The van der Waals surface area contributed by atoms with Crippen LogP contribution in [0, 0.1) is 20.8 Å². The van der Waals surface area contributed by atoms with Gasteiger partial charge in [0.05, 0.1) is 5.56 Å². The van der Waals surface area contributed by atoms with Crippen molar-refractivity contribution in [3.8, 4) is 5.75 Å². The molecular formula is C16H17O6P. The van der Waals surface area contributed by atoms with Crippen molar-refractivity contribution in [3.05, 3.63) is 64.7 Å². The van der Waals surface area contributed by atoms with Gasteiger partial charge in [0, 0.05) is 0 Å². The molecule has 0 fully saturated rings. The average Bonchev–Trinajstić information content (AvgIpc) is 2.44. The topological polar surface area (TPSA) is 82.1 Å². The number of carbonyl (C=O) groups excluding carboxylic acids is 1. The smallest absolute Gasteiger partial charge is 0.365 e. The number of aryl methyl sites for hydroxylation is 3. The fourth-order valence-electron chi connectivity index (χ4n) is 2.23. The van der Waals surface area contributed by atoms with Crippen LogP contribution in [0.15, 0.2) is 42.5 Å². The second-order valence-electron chi connectivity index (χ2n) is 5.09. The van der Waals surface area contributed by atoms with E-state index in [2.05, 4.69) is 9.20 Å². The molecule has 2 aromatic carbocycles. The van der Waals surface area contributed by atoms with E-state index in [1.54, 1.807) is 44.2 Å². The third kappa shape index (κ3) is 4.66. The lowest BCUT2D eigenvalue weighted by Gasteiger charge is -2.14. The molecule has 2 aromatic rings. The van der Waals surface area contributed by atoms with E-state index in [0.717, 1.165) is 5.56 Å². The summed E-state index contributed by atoms with van der Waals surface area (Å²) in [5.74, 6) is -0.733. The fourth-order valence-corrected chi connectivity index (χ4v) is 2.75. The zero-order valence-corrected chi connectivity index (χ0v) is 13.9. The van der Waals surface area contributed by atoms with Gasteiger partial charge in [0.2, 0.25) is 0 Å². The highest BCUT2D eigenvalue weighted by Gasteiger charge is 2.30. The molecule has 0 saturated heterocycles. The lowest BCUT2D eigenvalue weighted by atomic mass is 10.0. The molecule has 6 nitrogen and oxygen atoms in total. The molecule has 0 amide bonds. The Kier molecular flexibility index (Phi) is 5.21. The number of phosphoric ester groups is 1. The van der Waals surface area contributed by atoms with Crippen molar-refractivity contribution >= 4 is 13.8 Å². The highest BCUT2D eigenvalue weighted by Crippen LogP contribution is 2.44. The van der Waals surface area contributed by atoms with Gasteiger partial charge in [-0.1, -0.05) is 40.6 Å². The summed E-state index contributed by atoms with van der Waals surface area (Å²) < 4.78 is 20.8. The summed E-state index contributed by atoms with van der Waals surface area (Å²) in [6, 6.07) is 11.7. The first-order valence-electron chi connectivity index (χ1n) is 6.84. The Balaban J connectivity index is 2.08. The molecule has 122 valence electrons. The van der Waals surface area contributed by atoms with Gasteiger partial charge in [-0.3, -0.25) is 4.89 Å². The van der Waals surface area contributed by atoms with E-state index >= 15 is 0 Å². The monoisotopic (exact) mass is 336 g/mol. The molecule has 1 atom stereocenters. The van der Waals surface area contributed by atoms with Crippen LogP contribution in [0.1, 0.15) is 27.0 Å². The molecule has 2 rings (SSSR count). The first-order chi connectivity index (χ1) is 10.8. The quantitative estimate of drug-likeness (QED) is 0.507. The van der Waals surface area contributed by atoms with E-state index in [4.69, 9.17) is 4.89 Å². The van der Waals surface area contributed by atoms with Crippen molar-refractivity contribution in [2.24, 2.45) is 0 Å². The molecule has 0 aliphatic rings. The summed E-state index contributed by atoms with van der Waals surface area (Å²) >= 11 is 0. The molecule has 7 heteroatoms. The van der Waals surface area contributed by atoms with Gasteiger partial charge in [0.1, 0.15) is 0 Å². The average molecular weight is 336 g/mol. The Bertz CT molecular complexity index is 733. The molecule has 1 unspecified atom stereocenters. The molecule has 0 spiro atoms. The summed E-state index contributed by atoms with van der Waals surface area (Å²) in [6.45, 7) is 5.34. The highest BCUT2D eigenvalue weighted by molar-refractivity contribution is 7.47. The second kappa shape index (κ2) is 6.96. The molecule has 1 N–H and O–H groups in total. The molecule has 23 heavy (non-hydrogen) atoms. The van der Waals surface area contributed by atoms with E-state index in [0.29, 0.717) is 11.1 Å². The Hall–Kier alpha value is -2.14. The zero-order chi connectivity index (χ0) is 17.0. The van der Waals surface area contributed by atoms with Gasteiger partial charge < -0.3 is 9.41 Å². The van der Waals surface area contributed by atoms with E-state index in [-0.39, 0.29) is 11.3 Å². The Morgan fingerprint density at radius 3 is 2.17 bits per heavy atom. The van der Waals surface area contributed by atoms with Crippen LogP contribution < -0.4 is 4.89 Å². The van der Waals surface area contributed by atoms with Gasteiger partial charge in [-0.2, -0.15) is 0 Å². The molecule has 0 aromatic heterocycles. The Morgan fingerprint density at radius 2 is 1.61 bits per heavy atom. The normalized spacial score (nSPS) is 13.2. The van der Waals surface area contributed by atoms with Crippen LogP contribution in [0.2, 0.25) is 0 Å². The van der Waals surface area contributed by atoms with Crippen molar-refractivity contribution in [3.63, 3.8) is 0 Å². The molecule has 0 heterocycles. The van der Waals surface area contributed by atoms with Crippen LogP contribution in [0.3, 0.4) is 0 Å². The van der Waals surface area contributed by atoms with Crippen LogP contribution in [0.4, 0.5) is 0 Å². The largest absolute Gasteiger partial charge is 0.566 e. The van der Waals surface area contributed by atoms with Gasteiger partial charge in [-0.15, -0.1) is 0 Å². The number of benzene rings is 2. The maximum Gasteiger partial charge on any atom is 0.566 e. The number of carbonyl (C=O) groups is 1. The van der Waals surface area contributed by atoms with Crippen LogP contribution in [-0.4, -0.2) is 10.9 Å². The third-order valence-corrected chi connectivity index (χ3v) is 3.71. The molecule has 0 saturated carbocycles. The summed E-state index contributed by atoms with van der Waals surface area (Å²) in [5.41, 5.74) is 2.51. The maximum absolute atomic E-state index is 12.1. The lowest BCUT2D eigenvalue weighted by Crippen LogP contribution is -2.10. The van der Waals surface area contributed by atoms with E-state index in [1.165, 1.54) is 12.1 Å². The number of hydrogen-bond acceptors (Lipinski definition) is 5. The van der Waals surface area contributed by atoms with Crippen LogP contribution >= 0.6 is 7.82 Å². The third-order valence-electron chi connectivity index (χ3n) is 3.05. The molecular weight excluding hydrogens is 319 g/mol. The summed E-state index contributed by atoms with van der Waals surface area (Å²) in [6.07, 6.45) is 0. The predicted octanol–water partition coefficient (Wildman–Crippen LogP) is 3.88. The predicted molar refractivity (Wildman–Crippen MR) is 84.0 cm³/mol. The fraction of sp³-hybridized carbons (Fsp3) is 0.188. The van der Waals surface area contributed by atoms with Crippen LogP contribution in [0.25, 0.3) is 0 Å². The number of hydrogen-bond donors (Lipinski definition) is 1. The van der Waals surface area contributed by atoms with E-state index in [1.807, 2.05) is 6.92 Å². The van der Waals surface area contributed by atoms with Gasteiger partial charge in [-0.25, -0.2) is 9.36 Å². The lowest BCUT2D eigenvalue weighted by molar-refractivity contribution is -0.123. The van der Waals surface area contributed by atoms with Crippen molar-refractivity contribution < 1.29 is 28.3 Å². The van der Waals surface area contributed by atoms with E-state index in [9.17, 15) is 14.3 Å². The van der Waals surface area contributed by atoms with Crippen molar-refractivity contribution in [2.75, 3.05) is 0 Å². The van der Waals surface area contributed by atoms with Crippen molar-refractivity contribution in [1.82, 2.24) is 0 Å². The van der Waals surface area contributed by atoms with Gasteiger partial charge >= 0.3 is 13.8 Å². The van der Waals surface area contributed by atoms with Gasteiger partial charge in [0.15, 0.2) is 5.75 Å². The molecule has 0 aliphatic carbocycles. The highest BCUT2D eigenvalue weighted by atomic mass is 31.2. The second-order valence-corrected chi connectivity index (χ2v) is 6.36. The molecule has 0 aliphatic heterocycles. The van der Waals surface area contributed by atoms with Crippen molar-refractivity contribution in [2.45, 2.75) is 20.8 Å². The van der Waals surface area contributed by atoms with Gasteiger partial charge in [-0.05, 0) is 44.0 Å². The van der Waals surface area contributed by atoms with Gasteiger partial charge in [0.25, 0.3) is 0 Å². The minimum Gasteiger partial charge on any atom is -0.365 e. The molecule has 0 radical (unpaired) electrons. The number of phosphoric acid groups is 1. The minimum atomic E-state index is -4.70. The first kappa shape index (κ1) is 17.2. The number of para-hydroxylation sites is 1. The first-order valence-corrected chi connectivity index (χ1v) is 8.34. The Morgan fingerprint density at radius 1 is 1.04 bits per heavy atom. The minimum absolute atomic E-state index is 0.209.